The molecule has 1 aromatic heterocycles. The van der Waals surface area contributed by atoms with E-state index in [-0.39, 0.29) is 11.9 Å². The molecule has 1 aromatic rings. The van der Waals surface area contributed by atoms with Crippen LogP contribution < -0.4 is 5.73 Å². The number of halogens is 1. The van der Waals surface area contributed by atoms with Gasteiger partial charge in [0.15, 0.2) is 0 Å². The number of hydrogen-bond donors (Lipinski definition) is 1. The molecule has 2 rings (SSSR count). The van der Waals surface area contributed by atoms with Crippen LogP contribution in [-0.4, -0.2) is 47.9 Å². The van der Waals surface area contributed by atoms with Crippen LogP contribution in [0.1, 0.15) is 25.1 Å². The van der Waals surface area contributed by atoms with Crippen LogP contribution in [0.5, 0.6) is 0 Å². The lowest BCUT2D eigenvalue weighted by Gasteiger charge is -2.35. The molecular weight excluding hydrogens is 306 g/mol. The maximum Gasteiger partial charge on any atom is 0.239 e. The molecule has 2 heterocycles. The fourth-order valence-electron chi connectivity index (χ4n) is 2.63. The number of hydrogen-bond acceptors (Lipinski definition) is 4. The summed E-state index contributed by atoms with van der Waals surface area (Å²) in [6.07, 6.45) is 0.757. The number of rotatable bonds is 5. The van der Waals surface area contributed by atoms with E-state index in [0.29, 0.717) is 5.92 Å². The van der Waals surface area contributed by atoms with Crippen molar-refractivity contribution in [1.82, 2.24) is 9.80 Å². The van der Waals surface area contributed by atoms with E-state index >= 15 is 0 Å². The van der Waals surface area contributed by atoms with E-state index < -0.39 is 0 Å². The van der Waals surface area contributed by atoms with Gasteiger partial charge in [0.1, 0.15) is 0 Å². The third-order valence-electron chi connectivity index (χ3n) is 3.73. The molecule has 0 bridgehead atoms. The van der Waals surface area contributed by atoms with Gasteiger partial charge in [-0.05, 0) is 24.5 Å². The van der Waals surface area contributed by atoms with Crippen molar-refractivity contribution in [2.75, 3.05) is 26.2 Å². The van der Waals surface area contributed by atoms with Crippen molar-refractivity contribution in [2.45, 2.75) is 32.9 Å². The molecule has 2 N–H and O–H groups in total. The Morgan fingerprint density at radius 1 is 1.33 bits per heavy atom. The maximum absolute atomic E-state index is 12.3. The molecular formula is C15H24ClN3OS. The van der Waals surface area contributed by atoms with Gasteiger partial charge in [-0.15, -0.1) is 11.3 Å². The molecule has 1 aliphatic heterocycles. The van der Waals surface area contributed by atoms with Gasteiger partial charge >= 0.3 is 0 Å². The average Bonchev–Trinajstić information content (AvgIpc) is 2.83. The molecule has 4 nitrogen and oxygen atoms in total. The zero-order valence-corrected chi connectivity index (χ0v) is 14.3. The Morgan fingerprint density at radius 2 is 2.00 bits per heavy atom. The lowest BCUT2D eigenvalue weighted by molar-refractivity contribution is -0.134. The average molecular weight is 330 g/mol. The van der Waals surface area contributed by atoms with Crippen molar-refractivity contribution < 1.29 is 4.79 Å². The lowest BCUT2D eigenvalue weighted by Crippen LogP contribution is -2.53. The second kappa shape index (κ2) is 7.58. The Labute approximate surface area is 135 Å². The van der Waals surface area contributed by atoms with Gasteiger partial charge in [0, 0.05) is 37.6 Å². The minimum atomic E-state index is -0.354. The molecule has 0 saturated carbocycles. The minimum absolute atomic E-state index is 0.0996. The molecule has 1 atom stereocenters. The molecule has 6 heteroatoms. The maximum atomic E-state index is 12.3. The van der Waals surface area contributed by atoms with E-state index in [1.807, 2.05) is 11.0 Å². The highest BCUT2D eigenvalue weighted by atomic mass is 35.5. The van der Waals surface area contributed by atoms with Crippen LogP contribution in [0.2, 0.25) is 4.34 Å². The van der Waals surface area contributed by atoms with E-state index in [1.165, 1.54) is 4.88 Å². The highest BCUT2D eigenvalue weighted by Gasteiger charge is 2.25. The molecule has 1 amide bonds. The third-order valence-corrected chi connectivity index (χ3v) is 4.95. The molecule has 0 spiro atoms. The molecule has 21 heavy (non-hydrogen) atoms. The minimum Gasteiger partial charge on any atom is -0.339 e. The lowest BCUT2D eigenvalue weighted by atomic mass is 10.0. The Hall–Kier alpha value is -0.620. The standard InChI is InChI=1S/C15H24ClN3OS/c1-11(2)9-13(17)15(20)19-7-5-18(6-8-19)10-12-3-4-14(16)21-12/h3-4,11,13H,5-10,17H2,1-2H3/t13-/m0/s1. The fraction of sp³-hybridized carbons (Fsp3) is 0.667. The van der Waals surface area contributed by atoms with Crippen LogP contribution in [0.3, 0.4) is 0 Å². The van der Waals surface area contributed by atoms with Gasteiger partial charge in [-0.25, -0.2) is 0 Å². The van der Waals surface area contributed by atoms with Crippen LogP contribution in [0.15, 0.2) is 12.1 Å². The predicted octanol–water partition coefficient (Wildman–Crippen LogP) is 2.42. The first-order valence-electron chi connectivity index (χ1n) is 7.46. The van der Waals surface area contributed by atoms with Crippen molar-refractivity contribution in [2.24, 2.45) is 11.7 Å². The second-order valence-electron chi connectivity index (χ2n) is 6.04. The summed E-state index contributed by atoms with van der Waals surface area (Å²) < 4.78 is 0.832. The molecule has 0 unspecified atom stereocenters. The number of nitrogens with zero attached hydrogens (tertiary/aromatic N) is 2. The number of amides is 1. The number of piperazine rings is 1. The van der Waals surface area contributed by atoms with Gasteiger partial charge in [0.2, 0.25) is 5.91 Å². The molecule has 1 aliphatic rings. The van der Waals surface area contributed by atoms with Gasteiger partial charge in [-0.1, -0.05) is 25.4 Å². The van der Waals surface area contributed by atoms with Crippen molar-refractivity contribution in [1.29, 1.82) is 0 Å². The topological polar surface area (TPSA) is 49.6 Å². The van der Waals surface area contributed by atoms with E-state index in [4.69, 9.17) is 17.3 Å². The zero-order valence-electron chi connectivity index (χ0n) is 12.7. The van der Waals surface area contributed by atoms with Crippen molar-refractivity contribution in [3.8, 4) is 0 Å². The summed E-state index contributed by atoms with van der Waals surface area (Å²) >= 11 is 7.58. The first-order valence-corrected chi connectivity index (χ1v) is 8.66. The first-order chi connectivity index (χ1) is 9.95. The van der Waals surface area contributed by atoms with Crippen LogP contribution in [-0.2, 0) is 11.3 Å². The summed E-state index contributed by atoms with van der Waals surface area (Å²) in [7, 11) is 0. The normalized spacial score (nSPS) is 18.2. The van der Waals surface area contributed by atoms with Gasteiger partial charge in [-0.3, -0.25) is 9.69 Å². The molecule has 0 aliphatic carbocycles. The van der Waals surface area contributed by atoms with Gasteiger partial charge in [0.25, 0.3) is 0 Å². The van der Waals surface area contributed by atoms with Crippen molar-refractivity contribution in [3.63, 3.8) is 0 Å². The van der Waals surface area contributed by atoms with Crippen LogP contribution >= 0.6 is 22.9 Å². The molecule has 118 valence electrons. The monoisotopic (exact) mass is 329 g/mol. The van der Waals surface area contributed by atoms with Crippen molar-refractivity contribution in [3.05, 3.63) is 21.3 Å². The Bertz CT molecular complexity index is 469. The summed E-state index contributed by atoms with van der Waals surface area (Å²) in [5.41, 5.74) is 5.99. The Balaban J connectivity index is 1.78. The molecule has 1 saturated heterocycles. The summed E-state index contributed by atoms with van der Waals surface area (Å²) in [5, 5.41) is 0. The molecule has 1 fully saturated rings. The fourth-order valence-corrected chi connectivity index (χ4v) is 3.76. The van der Waals surface area contributed by atoms with E-state index in [2.05, 4.69) is 24.8 Å². The quantitative estimate of drug-likeness (QED) is 0.902. The second-order valence-corrected chi connectivity index (χ2v) is 7.84. The van der Waals surface area contributed by atoms with Gasteiger partial charge in [0.05, 0.1) is 10.4 Å². The molecule has 0 aromatic carbocycles. The van der Waals surface area contributed by atoms with Gasteiger partial charge < -0.3 is 10.6 Å². The number of carbonyl (C=O) groups excluding carboxylic acids is 1. The number of nitrogens with two attached hydrogens (primary N) is 1. The zero-order chi connectivity index (χ0) is 15.4. The SMILES string of the molecule is CC(C)C[C@H](N)C(=O)N1CCN(Cc2ccc(Cl)s2)CC1. The van der Waals surface area contributed by atoms with E-state index in [0.717, 1.165) is 43.5 Å². The van der Waals surface area contributed by atoms with E-state index in [9.17, 15) is 4.79 Å². The Morgan fingerprint density at radius 3 is 2.52 bits per heavy atom. The Kier molecular flexibility index (Phi) is 6.05. The highest BCUT2D eigenvalue weighted by Crippen LogP contribution is 2.23. The molecule has 0 radical (unpaired) electrons. The van der Waals surface area contributed by atoms with Crippen molar-refractivity contribution >= 4 is 28.8 Å². The van der Waals surface area contributed by atoms with E-state index in [1.54, 1.807) is 11.3 Å². The summed E-state index contributed by atoms with van der Waals surface area (Å²) in [6, 6.07) is 3.66. The van der Waals surface area contributed by atoms with Gasteiger partial charge in [-0.2, -0.15) is 0 Å². The largest absolute Gasteiger partial charge is 0.339 e. The highest BCUT2D eigenvalue weighted by molar-refractivity contribution is 7.16. The van der Waals surface area contributed by atoms with Crippen LogP contribution in [0, 0.1) is 5.92 Å². The summed E-state index contributed by atoms with van der Waals surface area (Å²) in [4.78, 5) is 17.8. The first kappa shape index (κ1) is 16.7. The third kappa shape index (κ3) is 4.95. The number of thiophene rings is 1. The smallest absolute Gasteiger partial charge is 0.239 e. The summed E-state index contributed by atoms with van der Waals surface area (Å²) in [5.74, 6) is 0.552. The van der Waals surface area contributed by atoms with Crippen LogP contribution in [0.25, 0.3) is 0 Å². The summed E-state index contributed by atoms with van der Waals surface area (Å²) in [6.45, 7) is 8.44. The van der Waals surface area contributed by atoms with Crippen LogP contribution in [0.4, 0.5) is 0 Å². The number of carbonyl (C=O) groups is 1. The predicted molar refractivity (Wildman–Crippen MR) is 88.6 cm³/mol.